The van der Waals surface area contributed by atoms with Gasteiger partial charge in [-0.1, -0.05) is 36.4 Å². The van der Waals surface area contributed by atoms with E-state index >= 15 is 0 Å². The first-order valence-corrected chi connectivity index (χ1v) is 15.1. The van der Waals surface area contributed by atoms with Gasteiger partial charge in [-0.05, 0) is 80.6 Å². The van der Waals surface area contributed by atoms with E-state index in [4.69, 9.17) is 14.2 Å². The molecule has 0 fully saturated rings. The topological polar surface area (TPSA) is 115 Å². The van der Waals surface area contributed by atoms with Crippen molar-refractivity contribution >= 4 is 46.9 Å². The molecule has 4 rings (SSSR count). The molecular weight excluding hydrogens is 590 g/mol. The zero-order chi connectivity index (χ0) is 32.2. The largest absolute Gasteiger partial charge is 0.497 e. The van der Waals surface area contributed by atoms with Gasteiger partial charge in [0, 0.05) is 21.7 Å². The van der Waals surface area contributed by atoms with Gasteiger partial charge in [0.1, 0.15) is 22.9 Å². The van der Waals surface area contributed by atoms with Gasteiger partial charge in [0.05, 0.1) is 31.8 Å². The van der Waals surface area contributed by atoms with Gasteiger partial charge in [-0.3, -0.25) is 14.4 Å². The second-order valence-corrected chi connectivity index (χ2v) is 11.1. The van der Waals surface area contributed by atoms with Crippen LogP contribution >= 0.6 is 11.8 Å². The standard InChI is InChI=1S/C35H35N3O6S/c1-5-44-32-17-10-9-16-29(32)37-33(39)23(2)45-28-15-11-14-26(22-28)36-35(41)30(38-34(40)24-12-7-6-8-13-24)21-25-20-27(42-3)18-19-31(25)43-4/h6-23H,5H2,1-4H3,(H,36,41)(H,37,39)(H,38,40)/b30-21+. The molecule has 0 aliphatic rings. The van der Waals surface area contributed by atoms with E-state index in [1.165, 1.54) is 32.1 Å². The Hall–Kier alpha value is -5.22. The van der Waals surface area contributed by atoms with E-state index in [1.54, 1.807) is 85.8 Å². The maximum atomic E-state index is 13.6. The van der Waals surface area contributed by atoms with Crippen LogP contribution in [0.3, 0.4) is 0 Å². The van der Waals surface area contributed by atoms with E-state index in [1.807, 2.05) is 25.1 Å². The molecule has 3 amide bonds. The lowest BCUT2D eigenvalue weighted by atomic mass is 10.1. The predicted molar refractivity (Wildman–Crippen MR) is 178 cm³/mol. The summed E-state index contributed by atoms with van der Waals surface area (Å²) >= 11 is 1.34. The Labute approximate surface area is 267 Å². The van der Waals surface area contributed by atoms with Crippen LogP contribution in [-0.4, -0.2) is 43.8 Å². The minimum Gasteiger partial charge on any atom is -0.497 e. The number of anilines is 2. The van der Waals surface area contributed by atoms with Crippen LogP contribution in [0.25, 0.3) is 6.08 Å². The summed E-state index contributed by atoms with van der Waals surface area (Å²) in [5.41, 5.74) is 2.00. The first-order chi connectivity index (χ1) is 21.8. The highest BCUT2D eigenvalue weighted by Gasteiger charge is 2.19. The van der Waals surface area contributed by atoms with E-state index < -0.39 is 17.1 Å². The fourth-order valence-corrected chi connectivity index (χ4v) is 5.17. The van der Waals surface area contributed by atoms with Gasteiger partial charge in [0.2, 0.25) is 5.91 Å². The van der Waals surface area contributed by atoms with Crippen LogP contribution in [0.4, 0.5) is 11.4 Å². The second-order valence-electron chi connectivity index (χ2n) is 9.65. The lowest BCUT2D eigenvalue weighted by Crippen LogP contribution is -2.30. The number of nitrogens with one attached hydrogen (secondary N) is 3. The number of hydrogen-bond donors (Lipinski definition) is 3. The van der Waals surface area contributed by atoms with Crippen molar-refractivity contribution in [1.29, 1.82) is 0 Å². The Kier molecular flexibility index (Phi) is 11.6. The molecule has 10 heteroatoms. The number of ether oxygens (including phenoxy) is 3. The number of methoxy groups -OCH3 is 2. The zero-order valence-electron chi connectivity index (χ0n) is 25.5. The van der Waals surface area contributed by atoms with Gasteiger partial charge in [0.15, 0.2) is 0 Å². The zero-order valence-corrected chi connectivity index (χ0v) is 26.3. The number of benzene rings is 4. The maximum absolute atomic E-state index is 13.6. The molecule has 0 aliphatic heterocycles. The van der Waals surface area contributed by atoms with E-state index in [0.717, 1.165) is 4.90 Å². The molecule has 0 saturated carbocycles. The molecule has 3 N–H and O–H groups in total. The third kappa shape index (κ3) is 9.14. The fourth-order valence-electron chi connectivity index (χ4n) is 4.24. The Morgan fingerprint density at radius 1 is 0.822 bits per heavy atom. The van der Waals surface area contributed by atoms with Crippen molar-refractivity contribution in [3.8, 4) is 17.2 Å². The van der Waals surface area contributed by atoms with E-state index in [9.17, 15) is 14.4 Å². The van der Waals surface area contributed by atoms with Gasteiger partial charge in [-0.2, -0.15) is 0 Å². The highest BCUT2D eigenvalue weighted by atomic mass is 32.2. The Morgan fingerprint density at radius 3 is 2.31 bits per heavy atom. The minimum absolute atomic E-state index is 0.00540. The van der Waals surface area contributed by atoms with Crippen molar-refractivity contribution in [2.45, 2.75) is 24.0 Å². The van der Waals surface area contributed by atoms with Crippen LogP contribution in [0.5, 0.6) is 17.2 Å². The number of carbonyl (C=O) groups is 3. The van der Waals surface area contributed by atoms with Gasteiger partial charge in [-0.15, -0.1) is 11.8 Å². The molecule has 0 heterocycles. The Balaban J connectivity index is 1.53. The van der Waals surface area contributed by atoms with E-state index in [0.29, 0.717) is 46.4 Å². The number of rotatable bonds is 13. The van der Waals surface area contributed by atoms with Gasteiger partial charge in [0.25, 0.3) is 11.8 Å². The first kappa shape index (κ1) is 32.7. The van der Waals surface area contributed by atoms with Crippen LogP contribution in [0, 0.1) is 0 Å². The molecule has 9 nitrogen and oxygen atoms in total. The molecule has 0 radical (unpaired) electrons. The summed E-state index contributed by atoms with van der Waals surface area (Å²) in [4.78, 5) is 40.4. The van der Waals surface area contributed by atoms with Crippen molar-refractivity contribution in [2.75, 3.05) is 31.5 Å². The molecular formula is C35H35N3O6S. The van der Waals surface area contributed by atoms with Crippen LogP contribution in [0.15, 0.2) is 108 Å². The van der Waals surface area contributed by atoms with Crippen LogP contribution in [0.1, 0.15) is 29.8 Å². The number of hydrogen-bond acceptors (Lipinski definition) is 7. The molecule has 0 bridgehead atoms. The lowest BCUT2D eigenvalue weighted by molar-refractivity contribution is -0.115. The minimum atomic E-state index is -0.551. The smallest absolute Gasteiger partial charge is 0.272 e. The number of carbonyl (C=O) groups excluding carboxylic acids is 3. The van der Waals surface area contributed by atoms with Gasteiger partial charge in [-0.25, -0.2) is 0 Å². The van der Waals surface area contributed by atoms with Crippen molar-refractivity contribution in [3.63, 3.8) is 0 Å². The monoisotopic (exact) mass is 625 g/mol. The Bertz CT molecular complexity index is 1680. The van der Waals surface area contributed by atoms with Crippen molar-refractivity contribution in [1.82, 2.24) is 5.32 Å². The molecule has 45 heavy (non-hydrogen) atoms. The average molecular weight is 626 g/mol. The van der Waals surface area contributed by atoms with Gasteiger partial charge < -0.3 is 30.2 Å². The van der Waals surface area contributed by atoms with E-state index in [2.05, 4.69) is 16.0 Å². The second kappa shape index (κ2) is 16.0. The summed E-state index contributed by atoms with van der Waals surface area (Å²) in [5.74, 6) is 0.455. The lowest BCUT2D eigenvalue weighted by Gasteiger charge is -2.16. The molecule has 4 aromatic rings. The third-order valence-electron chi connectivity index (χ3n) is 6.48. The van der Waals surface area contributed by atoms with Crippen molar-refractivity contribution in [2.24, 2.45) is 0 Å². The Morgan fingerprint density at radius 2 is 1.58 bits per heavy atom. The fraction of sp³-hybridized carbons (Fsp3) is 0.171. The van der Waals surface area contributed by atoms with E-state index in [-0.39, 0.29) is 11.6 Å². The average Bonchev–Trinajstić information content (AvgIpc) is 3.05. The highest BCUT2D eigenvalue weighted by molar-refractivity contribution is 8.00. The summed E-state index contributed by atoms with van der Waals surface area (Å²) in [7, 11) is 3.05. The summed E-state index contributed by atoms with van der Waals surface area (Å²) in [6, 6.07) is 28.2. The predicted octanol–water partition coefficient (Wildman–Crippen LogP) is 6.63. The molecule has 232 valence electrons. The van der Waals surface area contributed by atoms with Crippen LogP contribution in [-0.2, 0) is 9.59 Å². The third-order valence-corrected chi connectivity index (χ3v) is 7.58. The molecule has 1 unspecified atom stereocenters. The molecule has 0 aromatic heterocycles. The normalized spacial score (nSPS) is 11.6. The SMILES string of the molecule is CCOc1ccccc1NC(=O)C(C)Sc1cccc(NC(=O)/C(=C\c2cc(OC)ccc2OC)NC(=O)c2ccccc2)c1. The number of amides is 3. The maximum Gasteiger partial charge on any atom is 0.272 e. The molecule has 0 saturated heterocycles. The molecule has 0 spiro atoms. The van der Waals surface area contributed by atoms with Gasteiger partial charge >= 0.3 is 0 Å². The van der Waals surface area contributed by atoms with Crippen LogP contribution < -0.4 is 30.2 Å². The first-order valence-electron chi connectivity index (χ1n) is 14.2. The number of para-hydroxylation sites is 2. The number of thioether (sulfide) groups is 1. The summed E-state index contributed by atoms with van der Waals surface area (Å²) in [5, 5.41) is 8.08. The summed E-state index contributed by atoms with van der Waals surface area (Å²) < 4.78 is 16.4. The van der Waals surface area contributed by atoms with Crippen LogP contribution in [0.2, 0.25) is 0 Å². The summed E-state index contributed by atoms with van der Waals surface area (Å²) in [6.45, 7) is 4.17. The molecule has 1 atom stereocenters. The van der Waals surface area contributed by atoms with Crippen molar-refractivity contribution in [3.05, 3.63) is 114 Å². The molecule has 4 aromatic carbocycles. The molecule has 0 aliphatic carbocycles. The van der Waals surface area contributed by atoms with Crippen molar-refractivity contribution < 1.29 is 28.6 Å². The summed E-state index contributed by atoms with van der Waals surface area (Å²) in [6.07, 6.45) is 1.53. The quantitative estimate of drug-likeness (QED) is 0.113. The highest BCUT2D eigenvalue weighted by Crippen LogP contribution is 2.30.